The fourth-order valence-electron chi connectivity index (χ4n) is 4.20. The predicted molar refractivity (Wildman–Crippen MR) is 110 cm³/mol. The summed E-state index contributed by atoms with van der Waals surface area (Å²) < 4.78 is 5.87. The molecular formula is C23H21N3O3. The first-order valence-corrected chi connectivity index (χ1v) is 9.81. The Morgan fingerprint density at radius 1 is 0.931 bits per heavy atom. The lowest BCUT2D eigenvalue weighted by atomic mass is 9.77. The highest BCUT2D eigenvalue weighted by atomic mass is 16.5. The van der Waals surface area contributed by atoms with Crippen molar-refractivity contribution in [1.29, 1.82) is 0 Å². The maximum atomic E-state index is 12.7. The van der Waals surface area contributed by atoms with Crippen LogP contribution in [0.4, 0.5) is 5.82 Å². The first-order chi connectivity index (χ1) is 14.2. The number of Topliss-reactive ketones (excluding diaryl/α,β-unsaturated/α-hetero) is 1. The molecule has 29 heavy (non-hydrogen) atoms. The van der Waals surface area contributed by atoms with Crippen molar-refractivity contribution < 1.29 is 9.53 Å². The number of H-pyrrole nitrogens is 2. The number of fused-ring (bicyclic) bond motifs is 1. The molecule has 1 aliphatic carbocycles. The van der Waals surface area contributed by atoms with Gasteiger partial charge in [-0.15, -0.1) is 0 Å². The van der Waals surface area contributed by atoms with Crippen LogP contribution in [-0.2, 0) is 11.4 Å². The lowest BCUT2D eigenvalue weighted by Crippen LogP contribution is -2.29. The Balaban J connectivity index is 1.47. The van der Waals surface area contributed by atoms with E-state index in [-0.39, 0.29) is 17.3 Å². The minimum absolute atomic E-state index is 0.111. The molecule has 0 fully saturated rings. The number of allylic oxidation sites excluding steroid dienone is 2. The first-order valence-electron chi connectivity index (χ1n) is 9.81. The molecule has 0 amide bonds. The molecule has 5 rings (SSSR count). The van der Waals surface area contributed by atoms with Gasteiger partial charge in [0.1, 0.15) is 18.2 Å². The third kappa shape index (κ3) is 3.16. The van der Waals surface area contributed by atoms with Gasteiger partial charge in [-0.3, -0.25) is 19.8 Å². The van der Waals surface area contributed by atoms with Crippen LogP contribution in [0.3, 0.4) is 0 Å². The van der Waals surface area contributed by atoms with E-state index in [1.165, 1.54) is 0 Å². The minimum atomic E-state index is -0.368. The van der Waals surface area contributed by atoms with Crippen molar-refractivity contribution in [3.63, 3.8) is 0 Å². The molecule has 0 radical (unpaired) electrons. The summed E-state index contributed by atoms with van der Waals surface area (Å²) in [7, 11) is 0. The molecule has 1 atom stereocenters. The van der Waals surface area contributed by atoms with Gasteiger partial charge in [0, 0.05) is 23.6 Å². The highest BCUT2D eigenvalue weighted by Gasteiger charge is 2.37. The normalized spacial score (nSPS) is 18.1. The van der Waals surface area contributed by atoms with Crippen LogP contribution < -0.4 is 15.6 Å². The molecule has 0 unspecified atom stereocenters. The van der Waals surface area contributed by atoms with Gasteiger partial charge < -0.3 is 10.1 Å². The van der Waals surface area contributed by atoms with E-state index in [0.29, 0.717) is 30.0 Å². The lowest BCUT2D eigenvalue weighted by molar-refractivity contribution is -0.116. The second kappa shape index (κ2) is 7.13. The highest BCUT2D eigenvalue weighted by molar-refractivity contribution is 6.00. The molecule has 2 heterocycles. The van der Waals surface area contributed by atoms with Gasteiger partial charge in [-0.1, -0.05) is 42.5 Å². The van der Waals surface area contributed by atoms with Crippen LogP contribution in [-0.4, -0.2) is 16.0 Å². The molecule has 0 bridgehead atoms. The number of aromatic nitrogens is 2. The van der Waals surface area contributed by atoms with Crippen LogP contribution in [0.15, 0.2) is 70.7 Å². The number of ether oxygens (including phenoxy) is 1. The summed E-state index contributed by atoms with van der Waals surface area (Å²) in [6, 6.07) is 17.7. The molecule has 146 valence electrons. The zero-order chi connectivity index (χ0) is 19.8. The first kappa shape index (κ1) is 17.6. The molecule has 1 aromatic heterocycles. The van der Waals surface area contributed by atoms with Crippen LogP contribution in [0, 0.1) is 0 Å². The summed E-state index contributed by atoms with van der Waals surface area (Å²) in [5.41, 5.74) is 4.00. The molecule has 2 aliphatic rings. The minimum Gasteiger partial charge on any atom is -0.489 e. The van der Waals surface area contributed by atoms with Crippen LogP contribution in [0.25, 0.3) is 0 Å². The van der Waals surface area contributed by atoms with Crippen molar-refractivity contribution in [2.75, 3.05) is 5.32 Å². The van der Waals surface area contributed by atoms with Gasteiger partial charge in [0.2, 0.25) is 0 Å². The zero-order valence-electron chi connectivity index (χ0n) is 15.8. The molecule has 3 N–H and O–H groups in total. The summed E-state index contributed by atoms with van der Waals surface area (Å²) in [6.07, 6.45) is 2.16. The van der Waals surface area contributed by atoms with Gasteiger partial charge >= 0.3 is 0 Å². The molecule has 0 saturated carbocycles. The number of hydrogen-bond donors (Lipinski definition) is 3. The molecule has 3 aromatic rings. The Hall–Kier alpha value is -3.54. The quantitative estimate of drug-likeness (QED) is 0.635. The maximum absolute atomic E-state index is 12.7. The molecule has 6 heteroatoms. The van der Waals surface area contributed by atoms with Gasteiger partial charge in [-0.2, -0.15) is 0 Å². The maximum Gasteiger partial charge on any atom is 0.270 e. The smallest absolute Gasteiger partial charge is 0.270 e. The fourth-order valence-corrected chi connectivity index (χ4v) is 4.20. The number of carbonyl (C=O) groups is 1. The predicted octanol–water partition coefficient (Wildman–Crippen LogP) is 3.85. The molecular weight excluding hydrogens is 366 g/mol. The third-order valence-corrected chi connectivity index (χ3v) is 5.59. The molecule has 1 aliphatic heterocycles. The van der Waals surface area contributed by atoms with Gasteiger partial charge in [-0.05, 0) is 36.1 Å². The average molecular weight is 387 g/mol. The summed E-state index contributed by atoms with van der Waals surface area (Å²) in [6.45, 7) is 0.489. The van der Waals surface area contributed by atoms with E-state index in [2.05, 4.69) is 15.5 Å². The van der Waals surface area contributed by atoms with Crippen molar-refractivity contribution >= 4 is 11.6 Å². The van der Waals surface area contributed by atoms with E-state index in [1.54, 1.807) is 0 Å². The van der Waals surface area contributed by atoms with Crippen LogP contribution in [0.5, 0.6) is 5.75 Å². The number of hydrogen-bond acceptors (Lipinski definition) is 4. The zero-order valence-corrected chi connectivity index (χ0v) is 15.8. The summed E-state index contributed by atoms with van der Waals surface area (Å²) >= 11 is 0. The topological polar surface area (TPSA) is 87.0 Å². The Morgan fingerprint density at radius 3 is 2.52 bits per heavy atom. The Bertz CT molecular complexity index is 1140. The van der Waals surface area contributed by atoms with Crippen LogP contribution >= 0.6 is 0 Å². The van der Waals surface area contributed by atoms with E-state index >= 15 is 0 Å². The fraction of sp³-hybridized carbons (Fsp3) is 0.217. The highest BCUT2D eigenvalue weighted by Crippen LogP contribution is 2.43. The monoisotopic (exact) mass is 387 g/mol. The van der Waals surface area contributed by atoms with Gasteiger partial charge in [0.05, 0.1) is 5.56 Å². The van der Waals surface area contributed by atoms with Gasteiger partial charge in [0.15, 0.2) is 5.78 Å². The number of carbonyl (C=O) groups excluding carboxylic acids is 1. The average Bonchev–Trinajstić information content (AvgIpc) is 3.13. The van der Waals surface area contributed by atoms with Crippen molar-refractivity contribution in [2.24, 2.45) is 0 Å². The van der Waals surface area contributed by atoms with E-state index < -0.39 is 0 Å². The van der Waals surface area contributed by atoms with Crippen molar-refractivity contribution in [3.05, 3.63) is 92.9 Å². The van der Waals surface area contributed by atoms with E-state index in [0.717, 1.165) is 35.4 Å². The number of anilines is 1. The Kier molecular flexibility index (Phi) is 4.31. The standard InChI is InChI=1S/C23H21N3O3/c27-18-8-4-7-17-20(18)19(21-22(24-17)25-26-23(21)28)15-9-11-16(12-10-15)29-13-14-5-2-1-3-6-14/h1-3,5-6,9-12,19H,4,7-8,13H2,(H3,24,25,26,28)/t19-/m0/s1. The number of benzene rings is 2. The largest absolute Gasteiger partial charge is 0.489 e. The molecule has 0 spiro atoms. The molecule has 2 aromatic carbocycles. The van der Waals surface area contributed by atoms with Gasteiger partial charge in [-0.25, -0.2) is 0 Å². The summed E-state index contributed by atoms with van der Waals surface area (Å²) in [5.74, 6) is 1.14. The number of rotatable bonds is 4. The Labute approximate surface area is 167 Å². The second-order valence-corrected chi connectivity index (χ2v) is 7.44. The molecule has 0 saturated heterocycles. The van der Waals surface area contributed by atoms with Crippen LogP contribution in [0.2, 0.25) is 0 Å². The summed E-state index contributed by atoms with van der Waals surface area (Å²) in [4.78, 5) is 25.2. The van der Waals surface area contributed by atoms with Crippen molar-refractivity contribution in [3.8, 4) is 5.75 Å². The second-order valence-electron chi connectivity index (χ2n) is 7.44. The number of ketones is 1. The van der Waals surface area contributed by atoms with Crippen molar-refractivity contribution in [2.45, 2.75) is 31.8 Å². The van der Waals surface area contributed by atoms with E-state index in [1.807, 2.05) is 54.6 Å². The van der Waals surface area contributed by atoms with E-state index in [4.69, 9.17) is 4.74 Å². The van der Waals surface area contributed by atoms with E-state index in [9.17, 15) is 9.59 Å². The van der Waals surface area contributed by atoms with Crippen molar-refractivity contribution in [1.82, 2.24) is 10.2 Å². The van der Waals surface area contributed by atoms with Crippen LogP contribution in [0.1, 0.15) is 41.9 Å². The van der Waals surface area contributed by atoms with Gasteiger partial charge in [0.25, 0.3) is 5.56 Å². The molecule has 6 nitrogen and oxygen atoms in total. The Morgan fingerprint density at radius 2 is 1.72 bits per heavy atom. The lowest BCUT2D eigenvalue weighted by Gasteiger charge is -2.31. The number of aromatic amines is 2. The third-order valence-electron chi connectivity index (χ3n) is 5.59. The SMILES string of the molecule is O=C1CCCC2=C1[C@H](c1ccc(OCc3ccccc3)cc1)c1c([nH][nH]c1=O)N2. The number of nitrogens with one attached hydrogen (secondary N) is 3. The summed E-state index contributed by atoms with van der Waals surface area (Å²) in [5, 5.41) is 8.80.